The first-order valence-electron chi connectivity index (χ1n) is 10.6. The Morgan fingerprint density at radius 1 is 1.00 bits per heavy atom. The van der Waals surface area contributed by atoms with E-state index in [1.54, 1.807) is 12.1 Å². The molecular formula is C24H29N3O3. The first kappa shape index (κ1) is 21.6. The van der Waals surface area contributed by atoms with Crippen LogP contribution in [0.2, 0.25) is 0 Å². The van der Waals surface area contributed by atoms with E-state index in [2.05, 4.69) is 54.6 Å². The minimum Gasteiger partial charge on any atom is -0.494 e. The average molecular weight is 408 g/mol. The zero-order chi connectivity index (χ0) is 21.3. The molecule has 0 unspecified atom stereocenters. The van der Waals surface area contributed by atoms with Crippen molar-refractivity contribution < 1.29 is 14.2 Å². The lowest BCUT2D eigenvalue weighted by molar-refractivity contribution is 0.102. The topological polar surface area (TPSA) is 77.2 Å². The van der Waals surface area contributed by atoms with E-state index in [1.807, 2.05) is 12.1 Å². The van der Waals surface area contributed by atoms with Crippen molar-refractivity contribution in [3.05, 3.63) is 59.2 Å². The lowest BCUT2D eigenvalue weighted by Crippen LogP contribution is -2.13. The summed E-state index contributed by atoms with van der Waals surface area (Å²) in [6.45, 7) is 7.03. The van der Waals surface area contributed by atoms with Gasteiger partial charge in [0, 0.05) is 11.1 Å². The van der Waals surface area contributed by atoms with E-state index in [0.717, 1.165) is 49.0 Å². The van der Waals surface area contributed by atoms with Gasteiger partial charge in [0.15, 0.2) is 5.69 Å². The van der Waals surface area contributed by atoms with Crippen molar-refractivity contribution >= 4 is 11.7 Å². The van der Waals surface area contributed by atoms with Gasteiger partial charge in [0.05, 0.1) is 6.61 Å². The van der Waals surface area contributed by atoms with Crippen molar-refractivity contribution in [3.8, 4) is 17.0 Å². The van der Waals surface area contributed by atoms with Crippen LogP contribution in [-0.4, -0.2) is 22.8 Å². The summed E-state index contributed by atoms with van der Waals surface area (Å²) in [5, 5.41) is 10.8. The Morgan fingerprint density at radius 2 is 1.80 bits per heavy atom. The third kappa shape index (κ3) is 5.26. The Labute approximate surface area is 177 Å². The molecule has 0 atom stereocenters. The van der Waals surface area contributed by atoms with E-state index in [4.69, 9.17) is 9.37 Å². The van der Waals surface area contributed by atoms with Crippen molar-refractivity contribution in [2.24, 2.45) is 0 Å². The summed E-state index contributed by atoms with van der Waals surface area (Å²) in [6, 6.07) is 13.4. The smallest absolute Gasteiger partial charge is 0.256 e. The Balaban J connectivity index is 1.73. The molecule has 0 aliphatic carbocycles. The molecule has 158 valence electrons. The molecule has 0 spiro atoms. The molecule has 0 radical (unpaired) electrons. The van der Waals surface area contributed by atoms with Gasteiger partial charge in [0.2, 0.25) is 5.82 Å². The second-order valence-electron chi connectivity index (χ2n) is 7.19. The number of hydrogen-bond donors (Lipinski definition) is 1. The summed E-state index contributed by atoms with van der Waals surface area (Å²) in [5.41, 5.74) is 4.32. The number of aryl methyl sites for hydroxylation is 2. The number of amides is 1. The van der Waals surface area contributed by atoms with Gasteiger partial charge in [-0.15, -0.1) is 0 Å². The molecule has 3 rings (SSSR count). The summed E-state index contributed by atoms with van der Waals surface area (Å²) in [5.74, 6) is 0.812. The number of ether oxygens (including phenoxy) is 1. The van der Waals surface area contributed by atoms with Crippen LogP contribution >= 0.6 is 0 Å². The molecule has 0 saturated heterocycles. The van der Waals surface area contributed by atoms with Gasteiger partial charge in [-0.1, -0.05) is 45.7 Å². The normalized spacial score (nSPS) is 10.8. The Kier molecular flexibility index (Phi) is 7.60. The molecule has 6 heteroatoms. The van der Waals surface area contributed by atoms with E-state index in [-0.39, 0.29) is 5.91 Å². The molecule has 0 bridgehead atoms. The molecule has 30 heavy (non-hydrogen) atoms. The molecule has 0 fully saturated rings. The van der Waals surface area contributed by atoms with Crippen molar-refractivity contribution in [2.75, 3.05) is 11.9 Å². The van der Waals surface area contributed by atoms with Gasteiger partial charge in [0.1, 0.15) is 5.75 Å². The summed E-state index contributed by atoms with van der Waals surface area (Å²) < 4.78 is 10.7. The van der Waals surface area contributed by atoms with E-state index < -0.39 is 0 Å². The predicted molar refractivity (Wildman–Crippen MR) is 118 cm³/mol. The van der Waals surface area contributed by atoms with Crippen molar-refractivity contribution in [3.63, 3.8) is 0 Å². The standard InChI is InChI=1S/C24H29N3O3/c1-4-7-8-15-29-20-13-11-19(12-14-20)24(28)25-23-22(26-30-27-23)21-16-17(5-2)9-10-18(21)6-3/h9-14,16H,4-8,15H2,1-3H3,(H,25,27,28). The van der Waals surface area contributed by atoms with Gasteiger partial charge in [-0.05, 0) is 71.0 Å². The van der Waals surface area contributed by atoms with E-state index >= 15 is 0 Å². The van der Waals surface area contributed by atoms with Crippen molar-refractivity contribution in [2.45, 2.75) is 52.9 Å². The number of aromatic nitrogens is 2. The van der Waals surface area contributed by atoms with Crippen LogP contribution in [0.5, 0.6) is 5.75 Å². The largest absolute Gasteiger partial charge is 0.494 e. The fourth-order valence-electron chi connectivity index (χ4n) is 3.24. The van der Waals surface area contributed by atoms with Crippen LogP contribution in [0.15, 0.2) is 47.1 Å². The fraction of sp³-hybridized carbons (Fsp3) is 0.375. The van der Waals surface area contributed by atoms with Crippen LogP contribution in [0.4, 0.5) is 5.82 Å². The molecule has 6 nitrogen and oxygen atoms in total. The third-order valence-corrected chi connectivity index (χ3v) is 5.07. The Morgan fingerprint density at radius 3 is 2.50 bits per heavy atom. The maximum absolute atomic E-state index is 12.7. The SMILES string of the molecule is CCCCCOc1ccc(C(=O)Nc2nonc2-c2cc(CC)ccc2CC)cc1. The molecule has 0 saturated carbocycles. The second kappa shape index (κ2) is 10.6. The number of carbonyl (C=O) groups excluding carboxylic acids is 1. The quantitative estimate of drug-likeness (QED) is 0.437. The number of nitrogens with one attached hydrogen (secondary N) is 1. The highest BCUT2D eigenvalue weighted by Gasteiger charge is 2.18. The van der Waals surface area contributed by atoms with Crippen LogP contribution in [0.1, 0.15) is 61.5 Å². The van der Waals surface area contributed by atoms with Crippen molar-refractivity contribution in [1.82, 2.24) is 10.3 Å². The Bertz CT molecular complexity index is 964. The third-order valence-electron chi connectivity index (χ3n) is 5.07. The van der Waals surface area contributed by atoms with Gasteiger partial charge in [-0.25, -0.2) is 4.63 Å². The summed E-state index contributed by atoms with van der Waals surface area (Å²) in [6.07, 6.45) is 5.09. The molecule has 3 aromatic rings. The number of benzene rings is 2. The monoisotopic (exact) mass is 407 g/mol. The van der Waals surface area contributed by atoms with Gasteiger partial charge in [-0.2, -0.15) is 0 Å². The zero-order valence-electron chi connectivity index (χ0n) is 17.9. The maximum Gasteiger partial charge on any atom is 0.256 e. The molecule has 1 N–H and O–H groups in total. The molecule has 1 amide bonds. The summed E-state index contributed by atoms with van der Waals surface area (Å²) in [7, 11) is 0. The van der Waals surface area contributed by atoms with Gasteiger partial charge < -0.3 is 10.1 Å². The average Bonchev–Trinajstić information content (AvgIpc) is 3.24. The van der Waals surface area contributed by atoms with Crippen LogP contribution in [0.25, 0.3) is 11.3 Å². The van der Waals surface area contributed by atoms with E-state index in [1.165, 1.54) is 5.56 Å². The van der Waals surface area contributed by atoms with Gasteiger partial charge in [-0.3, -0.25) is 4.79 Å². The second-order valence-corrected chi connectivity index (χ2v) is 7.19. The number of unbranched alkanes of at least 4 members (excludes halogenated alkanes) is 2. The maximum atomic E-state index is 12.7. The van der Waals surface area contributed by atoms with Gasteiger partial charge in [0.25, 0.3) is 5.91 Å². The summed E-state index contributed by atoms with van der Waals surface area (Å²) in [4.78, 5) is 12.7. The molecule has 0 aliphatic rings. The zero-order valence-corrected chi connectivity index (χ0v) is 17.9. The van der Waals surface area contributed by atoms with Gasteiger partial charge >= 0.3 is 0 Å². The number of anilines is 1. The van der Waals surface area contributed by atoms with Crippen LogP contribution < -0.4 is 10.1 Å². The number of hydrogen-bond acceptors (Lipinski definition) is 5. The van der Waals surface area contributed by atoms with Crippen LogP contribution in [-0.2, 0) is 12.8 Å². The first-order valence-corrected chi connectivity index (χ1v) is 10.6. The van der Waals surface area contributed by atoms with E-state index in [0.29, 0.717) is 23.7 Å². The lowest BCUT2D eigenvalue weighted by atomic mass is 9.98. The minimum absolute atomic E-state index is 0.269. The molecule has 1 heterocycles. The molecule has 0 aliphatic heterocycles. The highest BCUT2D eigenvalue weighted by atomic mass is 16.6. The number of nitrogens with zero attached hydrogens (tertiary/aromatic N) is 2. The highest BCUT2D eigenvalue weighted by Crippen LogP contribution is 2.30. The Hall–Kier alpha value is -3.15. The lowest BCUT2D eigenvalue weighted by Gasteiger charge is -2.09. The van der Waals surface area contributed by atoms with E-state index in [9.17, 15) is 4.79 Å². The number of rotatable bonds is 10. The first-order chi connectivity index (χ1) is 14.7. The fourth-order valence-corrected chi connectivity index (χ4v) is 3.24. The van der Waals surface area contributed by atoms with Crippen LogP contribution in [0.3, 0.4) is 0 Å². The van der Waals surface area contributed by atoms with Crippen LogP contribution in [0, 0.1) is 0 Å². The van der Waals surface area contributed by atoms with Crippen molar-refractivity contribution in [1.29, 1.82) is 0 Å². The molecular weight excluding hydrogens is 378 g/mol. The molecule has 2 aromatic carbocycles. The minimum atomic E-state index is -0.269. The number of carbonyl (C=O) groups is 1. The predicted octanol–water partition coefficient (Wildman–Crippen LogP) is 5.68. The summed E-state index contributed by atoms with van der Waals surface area (Å²) >= 11 is 0. The molecule has 1 aromatic heterocycles. The highest BCUT2D eigenvalue weighted by molar-refractivity contribution is 6.05.